The number of halogens is 2. The summed E-state index contributed by atoms with van der Waals surface area (Å²) < 4.78 is 19.1. The zero-order valence-electron chi connectivity index (χ0n) is 10.3. The Hall–Kier alpha value is -0.450. The van der Waals surface area contributed by atoms with Gasteiger partial charge in [-0.15, -0.1) is 0 Å². The Bertz CT molecular complexity index is 344. The number of hydrogen-bond acceptors (Lipinski definition) is 2. The molecule has 0 aliphatic carbocycles. The molecule has 0 unspecified atom stereocenters. The van der Waals surface area contributed by atoms with Crippen molar-refractivity contribution in [3.8, 4) is 0 Å². The molecule has 0 bridgehead atoms. The van der Waals surface area contributed by atoms with E-state index in [9.17, 15) is 4.39 Å². The van der Waals surface area contributed by atoms with Crippen LogP contribution in [0.3, 0.4) is 0 Å². The van der Waals surface area contributed by atoms with E-state index < -0.39 is 0 Å². The van der Waals surface area contributed by atoms with Crippen molar-refractivity contribution < 1.29 is 9.13 Å². The summed E-state index contributed by atoms with van der Waals surface area (Å²) in [6, 6.07) is 5.18. The van der Waals surface area contributed by atoms with E-state index in [0.717, 1.165) is 25.1 Å². The van der Waals surface area contributed by atoms with Crippen LogP contribution in [-0.2, 0) is 11.3 Å². The van der Waals surface area contributed by atoms with Crippen molar-refractivity contribution in [2.75, 3.05) is 13.2 Å². The second-order valence-electron chi connectivity index (χ2n) is 4.20. The predicted octanol–water partition coefficient (Wildman–Crippen LogP) is 3.49. The molecule has 0 saturated heterocycles. The molecule has 0 heterocycles. The van der Waals surface area contributed by atoms with E-state index in [1.165, 1.54) is 0 Å². The van der Waals surface area contributed by atoms with Gasteiger partial charge in [0.2, 0.25) is 0 Å². The van der Waals surface area contributed by atoms with Gasteiger partial charge in [-0.1, -0.05) is 6.07 Å². The minimum absolute atomic E-state index is 0.215. The van der Waals surface area contributed by atoms with E-state index in [-0.39, 0.29) is 11.9 Å². The molecule has 0 radical (unpaired) electrons. The largest absolute Gasteiger partial charge is 0.379 e. The van der Waals surface area contributed by atoms with E-state index in [4.69, 9.17) is 4.74 Å². The molecular weight excluding hydrogens is 285 g/mol. The Morgan fingerprint density at radius 3 is 2.82 bits per heavy atom. The number of nitrogens with one attached hydrogen (secondary N) is 1. The Balaban J connectivity index is 2.16. The fourth-order valence-electron chi connectivity index (χ4n) is 1.40. The monoisotopic (exact) mass is 303 g/mol. The van der Waals surface area contributed by atoms with Crippen molar-refractivity contribution in [3.05, 3.63) is 34.1 Å². The lowest BCUT2D eigenvalue weighted by atomic mass is 10.2. The van der Waals surface area contributed by atoms with E-state index in [1.54, 1.807) is 12.1 Å². The third-order valence-electron chi connectivity index (χ3n) is 2.26. The van der Waals surface area contributed by atoms with Crippen molar-refractivity contribution >= 4 is 15.9 Å². The summed E-state index contributed by atoms with van der Waals surface area (Å²) in [7, 11) is 0. The van der Waals surface area contributed by atoms with Gasteiger partial charge in [0.15, 0.2) is 0 Å². The molecule has 0 spiro atoms. The van der Waals surface area contributed by atoms with Crippen LogP contribution >= 0.6 is 15.9 Å². The van der Waals surface area contributed by atoms with Crippen molar-refractivity contribution in [2.45, 2.75) is 32.9 Å². The Labute approximate surface area is 111 Å². The first kappa shape index (κ1) is 14.6. The lowest BCUT2D eigenvalue weighted by molar-refractivity contribution is 0.0770. The molecule has 2 nitrogen and oxygen atoms in total. The predicted molar refractivity (Wildman–Crippen MR) is 71.5 cm³/mol. The van der Waals surface area contributed by atoms with Crippen molar-refractivity contribution in [1.82, 2.24) is 5.32 Å². The first-order chi connectivity index (χ1) is 8.09. The van der Waals surface area contributed by atoms with Gasteiger partial charge >= 0.3 is 0 Å². The summed E-state index contributed by atoms with van der Waals surface area (Å²) in [6.07, 6.45) is 1.26. The fraction of sp³-hybridized carbons (Fsp3) is 0.538. The molecule has 0 atom stereocenters. The van der Waals surface area contributed by atoms with Crippen LogP contribution in [0, 0.1) is 5.82 Å². The fourth-order valence-corrected chi connectivity index (χ4v) is 1.65. The summed E-state index contributed by atoms with van der Waals surface area (Å²) >= 11 is 3.13. The summed E-state index contributed by atoms with van der Waals surface area (Å²) in [4.78, 5) is 0. The molecule has 0 saturated carbocycles. The smallest absolute Gasteiger partial charge is 0.137 e. The molecule has 1 rings (SSSR count). The second kappa shape index (κ2) is 7.80. The van der Waals surface area contributed by atoms with Crippen LogP contribution in [-0.4, -0.2) is 19.3 Å². The summed E-state index contributed by atoms with van der Waals surface area (Å²) in [6.45, 7) is 6.38. The van der Waals surface area contributed by atoms with Crippen molar-refractivity contribution in [1.29, 1.82) is 0 Å². The zero-order chi connectivity index (χ0) is 12.7. The van der Waals surface area contributed by atoms with Crippen LogP contribution in [0.2, 0.25) is 0 Å². The summed E-state index contributed by atoms with van der Waals surface area (Å²) in [5, 5.41) is 3.26. The topological polar surface area (TPSA) is 21.3 Å². The lowest BCUT2D eigenvalue weighted by Gasteiger charge is -2.08. The highest BCUT2D eigenvalue weighted by Crippen LogP contribution is 2.16. The van der Waals surface area contributed by atoms with Gasteiger partial charge in [-0.2, -0.15) is 0 Å². The van der Waals surface area contributed by atoms with Gasteiger partial charge in [0.1, 0.15) is 5.82 Å². The van der Waals surface area contributed by atoms with Crippen molar-refractivity contribution in [3.63, 3.8) is 0 Å². The van der Waals surface area contributed by atoms with Crippen LogP contribution in [0.5, 0.6) is 0 Å². The average molecular weight is 304 g/mol. The third-order valence-corrected chi connectivity index (χ3v) is 2.91. The van der Waals surface area contributed by atoms with Gasteiger partial charge in [-0.3, -0.25) is 0 Å². The highest BCUT2D eigenvalue weighted by molar-refractivity contribution is 9.10. The zero-order valence-corrected chi connectivity index (χ0v) is 11.9. The Morgan fingerprint density at radius 2 is 2.18 bits per heavy atom. The molecule has 0 aliphatic heterocycles. The molecule has 0 amide bonds. The summed E-state index contributed by atoms with van der Waals surface area (Å²) in [5.74, 6) is -0.215. The molecule has 17 heavy (non-hydrogen) atoms. The van der Waals surface area contributed by atoms with E-state index >= 15 is 0 Å². The van der Waals surface area contributed by atoms with Crippen LogP contribution in [0.1, 0.15) is 25.8 Å². The van der Waals surface area contributed by atoms with E-state index in [1.807, 2.05) is 19.9 Å². The number of benzene rings is 1. The molecule has 4 heteroatoms. The van der Waals surface area contributed by atoms with Crippen molar-refractivity contribution in [2.24, 2.45) is 0 Å². The summed E-state index contributed by atoms with van der Waals surface area (Å²) in [5.41, 5.74) is 0.954. The maximum Gasteiger partial charge on any atom is 0.137 e. The number of rotatable bonds is 7. The van der Waals surface area contributed by atoms with Crippen LogP contribution in [0.4, 0.5) is 4.39 Å². The standard InChI is InChI=1S/C13H19BrFNO/c1-10(2)17-7-3-6-16-9-11-4-5-12(14)13(15)8-11/h4-5,8,10,16H,3,6-7,9H2,1-2H3. The SMILES string of the molecule is CC(C)OCCCNCc1ccc(Br)c(F)c1. The second-order valence-corrected chi connectivity index (χ2v) is 5.05. The van der Waals surface area contributed by atoms with E-state index in [2.05, 4.69) is 21.2 Å². The molecule has 1 aromatic rings. The number of hydrogen-bond donors (Lipinski definition) is 1. The molecule has 0 fully saturated rings. The minimum Gasteiger partial charge on any atom is -0.379 e. The quantitative estimate of drug-likeness (QED) is 0.779. The first-order valence-corrected chi connectivity index (χ1v) is 6.65. The molecule has 0 aromatic heterocycles. The van der Waals surface area contributed by atoms with E-state index in [0.29, 0.717) is 11.0 Å². The van der Waals surface area contributed by atoms with Gasteiger partial charge in [0.25, 0.3) is 0 Å². The Morgan fingerprint density at radius 1 is 1.41 bits per heavy atom. The molecule has 1 aromatic carbocycles. The normalized spacial score (nSPS) is 11.1. The van der Waals surface area contributed by atoms with Gasteiger partial charge in [0.05, 0.1) is 10.6 Å². The molecule has 1 N–H and O–H groups in total. The van der Waals surface area contributed by atoms with Crippen LogP contribution in [0.15, 0.2) is 22.7 Å². The maximum atomic E-state index is 13.2. The van der Waals surface area contributed by atoms with Crippen LogP contribution < -0.4 is 5.32 Å². The minimum atomic E-state index is -0.215. The Kier molecular flexibility index (Phi) is 6.70. The van der Waals surface area contributed by atoms with Gasteiger partial charge in [-0.25, -0.2) is 4.39 Å². The maximum absolute atomic E-state index is 13.2. The molecular formula is C13H19BrFNO. The number of ether oxygens (including phenoxy) is 1. The first-order valence-electron chi connectivity index (χ1n) is 5.86. The average Bonchev–Trinajstić information content (AvgIpc) is 2.27. The molecule has 0 aliphatic rings. The lowest BCUT2D eigenvalue weighted by Crippen LogP contribution is -2.17. The molecule has 96 valence electrons. The van der Waals surface area contributed by atoms with Gasteiger partial charge in [0, 0.05) is 13.2 Å². The highest BCUT2D eigenvalue weighted by Gasteiger charge is 2.00. The van der Waals surface area contributed by atoms with Gasteiger partial charge < -0.3 is 10.1 Å². The van der Waals surface area contributed by atoms with Crippen LogP contribution in [0.25, 0.3) is 0 Å². The third kappa shape index (κ3) is 6.15. The highest BCUT2D eigenvalue weighted by atomic mass is 79.9. The van der Waals surface area contributed by atoms with Gasteiger partial charge in [-0.05, 0) is 60.4 Å².